The van der Waals surface area contributed by atoms with Gasteiger partial charge in [0.2, 0.25) is 0 Å². The first kappa shape index (κ1) is 26.0. The third kappa shape index (κ3) is 6.11. The lowest BCUT2D eigenvalue weighted by atomic mass is 10.1. The smallest absolute Gasteiger partial charge is 0.321 e. The molecule has 0 saturated carbocycles. The second kappa shape index (κ2) is 10.8. The third-order valence-corrected chi connectivity index (χ3v) is 7.87. The Balaban J connectivity index is 1.71. The van der Waals surface area contributed by atoms with Crippen LogP contribution in [0.3, 0.4) is 0 Å². The van der Waals surface area contributed by atoms with Crippen LogP contribution in [0, 0.1) is 0 Å². The molecule has 0 fully saturated rings. The summed E-state index contributed by atoms with van der Waals surface area (Å²) in [6.45, 7) is 3.27. The number of sulfone groups is 1. The van der Waals surface area contributed by atoms with Crippen molar-refractivity contribution in [2.24, 2.45) is 0 Å². The lowest BCUT2D eigenvalue weighted by Crippen LogP contribution is -2.49. The Hall–Kier alpha value is -3.57. The van der Waals surface area contributed by atoms with Crippen LogP contribution in [0.1, 0.15) is 32.3 Å². The van der Waals surface area contributed by atoms with Gasteiger partial charge in [-0.25, -0.2) is 23.9 Å². The van der Waals surface area contributed by atoms with Crippen molar-refractivity contribution in [1.82, 2.24) is 20.0 Å². The molecule has 3 aromatic rings. The molecule has 0 saturated heterocycles. The van der Waals surface area contributed by atoms with Gasteiger partial charge in [-0.15, -0.1) is 0 Å². The molecule has 0 radical (unpaired) electrons. The highest BCUT2D eigenvalue weighted by atomic mass is 32.2. The van der Waals surface area contributed by atoms with Crippen molar-refractivity contribution < 1.29 is 23.2 Å². The maximum atomic E-state index is 12.6. The second-order valence-electron chi connectivity index (χ2n) is 8.39. The van der Waals surface area contributed by atoms with Crippen LogP contribution in [0.4, 0.5) is 0 Å². The molecule has 0 spiro atoms. The van der Waals surface area contributed by atoms with Crippen molar-refractivity contribution in [3.8, 4) is 22.9 Å². The number of aromatic nitrogens is 3. The van der Waals surface area contributed by atoms with Crippen molar-refractivity contribution in [1.29, 1.82) is 0 Å². The minimum atomic E-state index is -3.85. The average Bonchev–Trinajstić information content (AvgIpc) is 2.83. The molecule has 2 aromatic heterocycles. The zero-order chi connectivity index (χ0) is 25.6. The van der Waals surface area contributed by atoms with Gasteiger partial charge in [0.15, 0.2) is 14.6 Å². The minimum Gasteiger partial charge on any atom is -0.424 e. The number of amides is 1. The minimum absolute atomic E-state index is 0.0279. The zero-order valence-electron chi connectivity index (χ0n) is 19.8. The van der Waals surface area contributed by atoms with Crippen LogP contribution in [-0.4, -0.2) is 45.1 Å². The Morgan fingerprint density at radius 1 is 1.14 bits per heavy atom. The summed E-state index contributed by atoms with van der Waals surface area (Å²) in [6.07, 6.45) is 7.65. The van der Waals surface area contributed by atoms with Gasteiger partial charge < -0.3 is 9.30 Å². The predicted octanol–water partition coefficient (Wildman–Crippen LogP) is 2.75. The summed E-state index contributed by atoms with van der Waals surface area (Å²) in [6, 6.07) is 10.5. The summed E-state index contributed by atoms with van der Waals surface area (Å²) in [4.78, 5) is 33.0. The van der Waals surface area contributed by atoms with Gasteiger partial charge in [0.1, 0.15) is 5.75 Å². The number of carbonyl (C=O) groups excluding carboxylic acids is 1. The molecule has 35 heavy (non-hydrogen) atoms. The van der Waals surface area contributed by atoms with Crippen molar-refractivity contribution in [3.05, 3.63) is 70.9 Å². The van der Waals surface area contributed by atoms with Gasteiger partial charge >= 0.3 is 6.01 Å². The van der Waals surface area contributed by atoms with E-state index in [9.17, 15) is 18.0 Å². The number of rotatable bonds is 10. The molecule has 11 heteroatoms. The lowest BCUT2D eigenvalue weighted by molar-refractivity contribution is -0.131. The van der Waals surface area contributed by atoms with E-state index in [1.807, 2.05) is 0 Å². The summed E-state index contributed by atoms with van der Waals surface area (Å²) in [5.74, 6) is -0.498. The van der Waals surface area contributed by atoms with E-state index in [0.717, 1.165) is 30.2 Å². The van der Waals surface area contributed by atoms with Crippen molar-refractivity contribution in [3.63, 3.8) is 0 Å². The van der Waals surface area contributed by atoms with E-state index in [1.165, 1.54) is 29.2 Å². The first-order valence-corrected chi connectivity index (χ1v) is 12.9. The van der Waals surface area contributed by atoms with Gasteiger partial charge in [0.25, 0.3) is 11.5 Å². The van der Waals surface area contributed by atoms with E-state index in [-0.39, 0.29) is 24.5 Å². The zero-order valence-corrected chi connectivity index (χ0v) is 20.6. The average molecular weight is 501 g/mol. The fourth-order valence-corrected chi connectivity index (χ4v) is 4.27. The van der Waals surface area contributed by atoms with Crippen LogP contribution in [0.25, 0.3) is 11.1 Å². The molecule has 3 rings (SSSR count). The van der Waals surface area contributed by atoms with Crippen molar-refractivity contribution in [2.75, 3.05) is 6.26 Å². The quantitative estimate of drug-likeness (QED) is 0.320. The molecule has 0 bridgehead atoms. The fourth-order valence-electron chi connectivity index (χ4n) is 3.43. The number of pyridine rings is 1. The molecule has 1 amide bonds. The number of carbonyl (C=O) groups is 1. The predicted molar refractivity (Wildman–Crippen MR) is 130 cm³/mol. The Bertz CT molecular complexity index is 1340. The molecular weight excluding hydrogens is 472 g/mol. The fraction of sp³-hybridized carbons (Fsp3) is 0.333. The van der Waals surface area contributed by atoms with E-state index in [1.54, 1.807) is 42.7 Å². The largest absolute Gasteiger partial charge is 0.424 e. The van der Waals surface area contributed by atoms with Gasteiger partial charge in [-0.05, 0) is 54.7 Å². The van der Waals surface area contributed by atoms with E-state index in [2.05, 4.69) is 16.9 Å². The highest BCUT2D eigenvalue weighted by Crippen LogP contribution is 2.25. The highest BCUT2D eigenvalue weighted by molar-refractivity contribution is 7.92. The third-order valence-electron chi connectivity index (χ3n) is 5.84. The van der Waals surface area contributed by atoms with Crippen molar-refractivity contribution >= 4 is 15.7 Å². The summed E-state index contributed by atoms with van der Waals surface area (Å²) in [5.41, 5.74) is 3.53. The van der Waals surface area contributed by atoms with Gasteiger partial charge in [0.05, 0.1) is 0 Å². The molecule has 0 aliphatic carbocycles. The van der Waals surface area contributed by atoms with Crippen LogP contribution >= 0.6 is 0 Å². The second-order valence-corrected chi connectivity index (χ2v) is 10.8. The molecule has 0 aliphatic heterocycles. The molecule has 0 unspecified atom stereocenters. The number of hydrogen-bond donors (Lipinski definition) is 2. The Morgan fingerprint density at radius 2 is 1.80 bits per heavy atom. The number of nitrogens with one attached hydrogen (secondary N) is 1. The van der Waals surface area contributed by atoms with Crippen molar-refractivity contribution in [2.45, 2.75) is 44.4 Å². The molecule has 2 N–H and O–H groups in total. The van der Waals surface area contributed by atoms with E-state index in [4.69, 9.17) is 9.94 Å². The van der Waals surface area contributed by atoms with Gasteiger partial charge in [-0.2, -0.15) is 0 Å². The van der Waals surface area contributed by atoms with Gasteiger partial charge in [-0.1, -0.05) is 25.5 Å². The standard InChI is InChI=1S/C24H28N4O6S/c1-4-5-17-15-25-23(26-16-17)34-20-8-6-18(7-9-20)19-10-12-28(21(29)14-19)13-11-24(2,22(30)27-31)35(3,32)33/h6-10,12,14-16,31H,4-5,11,13H2,1-3H3,(H,27,30)/t24-/m1/s1. The number of hydrogen-bond acceptors (Lipinski definition) is 8. The first-order valence-electron chi connectivity index (χ1n) is 11.0. The molecule has 186 valence electrons. The number of hydroxylamine groups is 1. The maximum Gasteiger partial charge on any atom is 0.321 e. The molecule has 2 heterocycles. The Labute approximate surface area is 203 Å². The summed E-state index contributed by atoms with van der Waals surface area (Å²) >= 11 is 0. The monoisotopic (exact) mass is 500 g/mol. The van der Waals surface area contributed by atoms with E-state index >= 15 is 0 Å². The Morgan fingerprint density at radius 3 is 2.34 bits per heavy atom. The topological polar surface area (TPSA) is 140 Å². The first-order chi connectivity index (χ1) is 16.6. The van der Waals surface area contributed by atoms with E-state index in [0.29, 0.717) is 11.3 Å². The van der Waals surface area contributed by atoms with Gasteiger partial charge in [-0.3, -0.25) is 14.8 Å². The summed E-state index contributed by atoms with van der Waals surface area (Å²) in [7, 11) is -3.85. The lowest BCUT2D eigenvalue weighted by Gasteiger charge is -2.25. The van der Waals surface area contributed by atoms with Crippen LogP contribution in [0.2, 0.25) is 0 Å². The number of nitrogens with zero attached hydrogens (tertiary/aromatic N) is 3. The van der Waals surface area contributed by atoms with Gasteiger partial charge in [0, 0.05) is 37.5 Å². The highest BCUT2D eigenvalue weighted by Gasteiger charge is 2.43. The summed E-state index contributed by atoms with van der Waals surface area (Å²) < 4.78 is 29.3. The SMILES string of the molecule is CCCc1cnc(Oc2ccc(-c3ccn(CC[C@](C)(C(=O)NO)S(C)(=O)=O)c(=O)c3)cc2)nc1. The molecule has 0 aliphatic rings. The van der Waals surface area contributed by atoms with E-state index < -0.39 is 20.5 Å². The maximum absolute atomic E-state index is 12.6. The molecule has 10 nitrogen and oxygen atoms in total. The number of benzene rings is 1. The van der Waals surface area contributed by atoms with Crippen LogP contribution in [-0.2, 0) is 27.6 Å². The summed E-state index contributed by atoms with van der Waals surface area (Å²) in [5, 5.41) is 8.93. The molecule has 1 aromatic carbocycles. The van der Waals surface area contributed by atoms with Crippen LogP contribution in [0.5, 0.6) is 11.8 Å². The number of ether oxygens (including phenoxy) is 1. The molecule has 1 atom stereocenters. The van der Waals surface area contributed by atoms with Crippen LogP contribution in [0.15, 0.2) is 59.8 Å². The van der Waals surface area contributed by atoms with Crippen LogP contribution < -0.4 is 15.8 Å². The normalized spacial score (nSPS) is 13.1. The Kier molecular flexibility index (Phi) is 8.03. The number of aryl methyl sites for hydroxylation is 2. The molecular formula is C24H28N4O6S.